The van der Waals surface area contributed by atoms with Crippen molar-refractivity contribution in [2.24, 2.45) is 0 Å². The van der Waals surface area contributed by atoms with Gasteiger partial charge in [-0.15, -0.1) is 11.8 Å². The van der Waals surface area contributed by atoms with E-state index in [2.05, 4.69) is 25.9 Å². The van der Waals surface area contributed by atoms with E-state index in [0.717, 1.165) is 5.03 Å². The summed E-state index contributed by atoms with van der Waals surface area (Å²) in [6.07, 6.45) is 3.32. The van der Waals surface area contributed by atoms with Crippen LogP contribution in [0.15, 0.2) is 40.1 Å². The fourth-order valence-electron chi connectivity index (χ4n) is 1.20. The SMILES string of the molecule is CSc1cc(Oc2cc(F)cc(Br)c2)ncn1. The number of nitrogens with zero attached hydrogens (tertiary/aromatic N) is 2. The van der Waals surface area contributed by atoms with Crippen LogP contribution in [0, 0.1) is 5.82 Å². The van der Waals surface area contributed by atoms with Crippen LogP contribution in [0.3, 0.4) is 0 Å². The van der Waals surface area contributed by atoms with Crippen molar-refractivity contribution < 1.29 is 9.13 Å². The van der Waals surface area contributed by atoms with Crippen molar-refractivity contribution in [1.29, 1.82) is 0 Å². The zero-order valence-corrected chi connectivity index (χ0v) is 11.3. The molecule has 0 aliphatic carbocycles. The third-order valence-corrected chi connectivity index (χ3v) is 2.98. The van der Waals surface area contributed by atoms with Gasteiger partial charge in [-0.2, -0.15) is 0 Å². The van der Waals surface area contributed by atoms with Gasteiger partial charge < -0.3 is 4.74 Å². The van der Waals surface area contributed by atoms with Crippen molar-refractivity contribution in [3.05, 3.63) is 40.9 Å². The summed E-state index contributed by atoms with van der Waals surface area (Å²) in [4.78, 5) is 7.98. The first-order valence-electron chi connectivity index (χ1n) is 4.67. The number of ether oxygens (including phenoxy) is 1. The van der Waals surface area contributed by atoms with Crippen LogP contribution in [-0.2, 0) is 0 Å². The van der Waals surface area contributed by atoms with Gasteiger partial charge in [0.15, 0.2) is 0 Å². The number of halogens is 2. The van der Waals surface area contributed by atoms with E-state index < -0.39 is 0 Å². The highest BCUT2D eigenvalue weighted by atomic mass is 79.9. The van der Waals surface area contributed by atoms with E-state index in [4.69, 9.17) is 4.74 Å². The molecule has 0 amide bonds. The van der Waals surface area contributed by atoms with Gasteiger partial charge in [0.2, 0.25) is 5.88 Å². The zero-order chi connectivity index (χ0) is 12.3. The molecular weight excluding hydrogens is 307 g/mol. The van der Waals surface area contributed by atoms with Gasteiger partial charge in [-0.25, -0.2) is 14.4 Å². The van der Waals surface area contributed by atoms with Crippen LogP contribution in [0.1, 0.15) is 0 Å². The maximum atomic E-state index is 13.1. The van der Waals surface area contributed by atoms with E-state index in [1.807, 2.05) is 6.26 Å². The van der Waals surface area contributed by atoms with Gasteiger partial charge in [-0.3, -0.25) is 0 Å². The molecule has 0 unspecified atom stereocenters. The third kappa shape index (κ3) is 3.41. The van der Waals surface area contributed by atoms with Crippen molar-refractivity contribution >= 4 is 27.7 Å². The monoisotopic (exact) mass is 314 g/mol. The average Bonchev–Trinajstić information content (AvgIpc) is 2.28. The predicted octanol–water partition coefficient (Wildman–Crippen LogP) is 3.89. The van der Waals surface area contributed by atoms with Crippen LogP contribution in [-0.4, -0.2) is 16.2 Å². The Bertz CT molecular complexity index is 518. The van der Waals surface area contributed by atoms with Crippen molar-refractivity contribution in [3.8, 4) is 11.6 Å². The molecule has 88 valence electrons. The van der Waals surface area contributed by atoms with Crippen molar-refractivity contribution in [2.75, 3.05) is 6.26 Å². The molecular formula is C11H8BrFN2OS. The molecule has 0 radical (unpaired) electrons. The lowest BCUT2D eigenvalue weighted by Crippen LogP contribution is -1.90. The van der Waals surface area contributed by atoms with Gasteiger partial charge >= 0.3 is 0 Å². The Morgan fingerprint density at radius 2 is 2.06 bits per heavy atom. The maximum Gasteiger partial charge on any atom is 0.223 e. The summed E-state index contributed by atoms with van der Waals surface area (Å²) >= 11 is 4.68. The van der Waals surface area contributed by atoms with Gasteiger partial charge in [-0.1, -0.05) is 15.9 Å². The molecule has 1 aromatic carbocycles. The number of aromatic nitrogens is 2. The summed E-state index contributed by atoms with van der Waals surface area (Å²) in [6, 6.07) is 6.03. The molecule has 1 aromatic heterocycles. The molecule has 0 aliphatic heterocycles. The van der Waals surface area contributed by atoms with Crippen LogP contribution in [0.5, 0.6) is 11.6 Å². The molecule has 1 heterocycles. The lowest BCUT2D eigenvalue weighted by atomic mass is 10.3. The second-order valence-corrected chi connectivity index (χ2v) is 4.85. The quantitative estimate of drug-likeness (QED) is 0.636. The van der Waals surface area contributed by atoms with Crippen molar-refractivity contribution in [2.45, 2.75) is 5.03 Å². The average molecular weight is 315 g/mol. The minimum absolute atomic E-state index is 0.367. The normalized spacial score (nSPS) is 10.3. The predicted molar refractivity (Wildman–Crippen MR) is 68.0 cm³/mol. The Balaban J connectivity index is 2.24. The van der Waals surface area contributed by atoms with Gasteiger partial charge in [-0.05, 0) is 18.4 Å². The lowest BCUT2D eigenvalue weighted by Gasteiger charge is -2.05. The highest BCUT2D eigenvalue weighted by molar-refractivity contribution is 9.10. The van der Waals surface area contributed by atoms with E-state index in [1.165, 1.54) is 30.2 Å². The number of thioether (sulfide) groups is 1. The molecule has 0 atom stereocenters. The van der Waals surface area contributed by atoms with Crippen LogP contribution < -0.4 is 4.74 Å². The van der Waals surface area contributed by atoms with E-state index in [9.17, 15) is 4.39 Å². The van der Waals surface area contributed by atoms with E-state index in [1.54, 1.807) is 12.1 Å². The summed E-state index contributed by atoms with van der Waals surface area (Å²) in [5.41, 5.74) is 0. The third-order valence-electron chi connectivity index (χ3n) is 1.88. The molecule has 2 aromatic rings. The first-order chi connectivity index (χ1) is 8.17. The Morgan fingerprint density at radius 3 is 2.76 bits per heavy atom. The Morgan fingerprint density at radius 1 is 1.24 bits per heavy atom. The number of hydrogen-bond donors (Lipinski definition) is 0. The van der Waals surface area contributed by atoms with Gasteiger partial charge in [0.25, 0.3) is 0 Å². The summed E-state index contributed by atoms with van der Waals surface area (Å²) < 4.78 is 19.2. The van der Waals surface area contributed by atoms with Crippen LogP contribution in [0.4, 0.5) is 4.39 Å². The minimum Gasteiger partial charge on any atom is -0.439 e. The van der Waals surface area contributed by atoms with Crippen molar-refractivity contribution in [3.63, 3.8) is 0 Å². The molecule has 0 spiro atoms. The van der Waals surface area contributed by atoms with E-state index >= 15 is 0 Å². The van der Waals surface area contributed by atoms with E-state index in [0.29, 0.717) is 16.1 Å². The molecule has 0 saturated heterocycles. The van der Waals surface area contributed by atoms with E-state index in [-0.39, 0.29) is 5.82 Å². The summed E-state index contributed by atoms with van der Waals surface area (Å²) in [5.74, 6) is 0.415. The van der Waals surface area contributed by atoms with Gasteiger partial charge in [0, 0.05) is 16.6 Å². The first-order valence-corrected chi connectivity index (χ1v) is 6.69. The van der Waals surface area contributed by atoms with Crippen LogP contribution in [0.2, 0.25) is 0 Å². The smallest absolute Gasteiger partial charge is 0.223 e. The largest absolute Gasteiger partial charge is 0.439 e. The molecule has 0 aliphatic rings. The molecule has 0 N–H and O–H groups in total. The zero-order valence-electron chi connectivity index (χ0n) is 8.85. The molecule has 0 saturated carbocycles. The highest BCUT2D eigenvalue weighted by Crippen LogP contribution is 2.25. The maximum absolute atomic E-state index is 13.1. The summed E-state index contributed by atoms with van der Waals surface area (Å²) in [7, 11) is 0. The molecule has 0 bridgehead atoms. The summed E-state index contributed by atoms with van der Waals surface area (Å²) in [6.45, 7) is 0. The number of hydrogen-bond acceptors (Lipinski definition) is 4. The second kappa shape index (κ2) is 5.46. The van der Waals surface area contributed by atoms with Gasteiger partial charge in [0.05, 0.1) is 0 Å². The van der Waals surface area contributed by atoms with Gasteiger partial charge in [0.1, 0.15) is 22.9 Å². The Kier molecular flexibility index (Phi) is 3.96. The fourth-order valence-corrected chi connectivity index (χ4v) is 2.01. The van der Waals surface area contributed by atoms with Crippen molar-refractivity contribution in [1.82, 2.24) is 9.97 Å². The molecule has 3 nitrogen and oxygen atoms in total. The molecule has 2 rings (SSSR count). The first kappa shape index (κ1) is 12.3. The molecule has 17 heavy (non-hydrogen) atoms. The van der Waals surface area contributed by atoms with Crippen LogP contribution in [0.25, 0.3) is 0 Å². The second-order valence-electron chi connectivity index (χ2n) is 3.11. The highest BCUT2D eigenvalue weighted by Gasteiger charge is 2.04. The number of benzene rings is 1. The Labute approximate surface area is 111 Å². The van der Waals surface area contributed by atoms with Crippen LogP contribution >= 0.6 is 27.7 Å². The minimum atomic E-state index is -0.367. The fraction of sp³-hybridized carbons (Fsp3) is 0.0909. The lowest BCUT2D eigenvalue weighted by molar-refractivity contribution is 0.454. The standard InChI is InChI=1S/C11H8BrFN2OS/c1-17-11-5-10(14-6-15-11)16-9-3-7(12)2-8(13)4-9/h2-6H,1H3. The Hall–Kier alpha value is -1.14. The molecule has 6 heteroatoms. The number of rotatable bonds is 3. The topological polar surface area (TPSA) is 35.0 Å². The molecule has 0 fully saturated rings. The summed E-state index contributed by atoms with van der Waals surface area (Å²) in [5, 5.41) is 0.797.